The molecule has 2 aromatic rings. The van der Waals surface area contributed by atoms with Gasteiger partial charge in [-0.2, -0.15) is 0 Å². The van der Waals surface area contributed by atoms with E-state index >= 15 is 0 Å². The van der Waals surface area contributed by atoms with Crippen molar-refractivity contribution < 1.29 is 4.79 Å². The monoisotopic (exact) mass is 347 g/mol. The first-order valence-electron chi connectivity index (χ1n) is 8.18. The molecule has 0 saturated carbocycles. The first kappa shape index (κ1) is 20.0. The maximum absolute atomic E-state index is 8.58. The summed E-state index contributed by atoms with van der Waals surface area (Å²) < 4.78 is 0. The van der Waals surface area contributed by atoms with E-state index in [9.17, 15) is 0 Å². The van der Waals surface area contributed by atoms with E-state index in [1.165, 1.54) is 17.7 Å². The number of hydrogen-bond donors (Lipinski definition) is 1. The molecule has 2 N–H and O–H groups in total. The Bertz CT molecular complexity index is 656. The SMILES string of the molecule is CC.Cc1ccc(-c2cc3c(cc2Cl)N(C)CCC3)cn1.NC=O. The fourth-order valence-corrected chi connectivity index (χ4v) is 2.91. The second-order valence-electron chi connectivity index (χ2n) is 5.31. The quantitative estimate of drug-likeness (QED) is 0.785. The molecule has 1 aliphatic heterocycles. The van der Waals surface area contributed by atoms with Crippen LogP contribution in [0.2, 0.25) is 5.02 Å². The molecule has 0 atom stereocenters. The summed E-state index contributed by atoms with van der Waals surface area (Å²) in [4.78, 5) is 15.2. The Balaban J connectivity index is 0.000000521. The number of benzene rings is 1. The highest BCUT2D eigenvalue weighted by Crippen LogP contribution is 2.36. The van der Waals surface area contributed by atoms with E-state index in [0.29, 0.717) is 0 Å². The van der Waals surface area contributed by atoms with Crippen molar-refractivity contribution in [1.29, 1.82) is 0 Å². The molecule has 0 fully saturated rings. The smallest absolute Gasteiger partial charge is 0.204 e. The number of nitrogens with zero attached hydrogens (tertiary/aromatic N) is 2. The molecule has 130 valence electrons. The zero-order valence-corrected chi connectivity index (χ0v) is 15.6. The summed E-state index contributed by atoms with van der Waals surface area (Å²) in [5.41, 5.74) is 10.0. The lowest BCUT2D eigenvalue weighted by atomic mass is 9.97. The van der Waals surface area contributed by atoms with Crippen LogP contribution in [-0.4, -0.2) is 25.0 Å². The van der Waals surface area contributed by atoms with Crippen LogP contribution in [0.15, 0.2) is 30.5 Å². The van der Waals surface area contributed by atoms with Crippen LogP contribution in [0.5, 0.6) is 0 Å². The molecule has 0 aliphatic carbocycles. The minimum atomic E-state index is 0.250. The van der Waals surface area contributed by atoms with Crippen molar-refractivity contribution in [2.75, 3.05) is 18.5 Å². The topological polar surface area (TPSA) is 59.2 Å². The molecular formula is C19H26ClN3O. The van der Waals surface area contributed by atoms with Gasteiger partial charge in [0.2, 0.25) is 6.41 Å². The van der Waals surface area contributed by atoms with Gasteiger partial charge >= 0.3 is 0 Å². The average molecular weight is 348 g/mol. The highest BCUT2D eigenvalue weighted by Gasteiger charge is 2.16. The second-order valence-corrected chi connectivity index (χ2v) is 5.72. The molecule has 1 aromatic heterocycles. The molecule has 0 bridgehead atoms. The fraction of sp³-hybridized carbons (Fsp3) is 0.368. The number of rotatable bonds is 1. The van der Waals surface area contributed by atoms with Gasteiger partial charge in [-0.1, -0.05) is 31.5 Å². The number of nitrogens with two attached hydrogens (primary N) is 1. The van der Waals surface area contributed by atoms with Crippen molar-refractivity contribution in [3.05, 3.63) is 46.7 Å². The number of aryl methyl sites for hydroxylation is 2. The Morgan fingerprint density at radius 2 is 1.96 bits per heavy atom. The van der Waals surface area contributed by atoms with E-state index in [1.54, 1.807) is 0 Å². The van der Waals surface area contributed by atoms with Gasteiger partial charge in [0, 0.05) is 42.3 Å². The number of hydrogen-bond acceptors (Lipinski definition) is 3. The van der Waals surface area contributed by atoms with Gasteiger partial charge < -0.3 is 10.6 Å². The first-order chi connectivity index (χ1) is 11.6. The zero-order valence-electron chi connectivity index (χ0n) is 14.8. The number of fused-ring (bicyclic) bond motifs is 1. The molecule has 5 heteroatoms. The molecule has 1 aromatic carbocycles. The molecule has 0 spiro atoms. The Morgan fingerprint density at radius 3 is 2.54 bits per heavy atom. The fourth-order valence-electron chi connectivity index (χ4n) is 2.64. The maximum Gasteiger partial charge on any atom is 0.204 e. The highest BCUT2D eigenvalue weighted by molar-refractivity contribution is 6.33. The largest absolute Gasteiger partial charge is 0.374 e. The van der Waals surface area contributed by atoms with Gasteiger partial charge in [0.1, 0.15) is 0 Å². The number of carbonyl (C=O) groups is 1. The van der Waals surface area contributed by atoms with Gasteiger partial charge in [-0.05, 0) is 43.5 Å². The standard InChI is InChI=1S/C16H17ClN2.C2H6.CH3NO/c1-11-5-6-13(10-18-11)14-8-12-4-3-7-19(2)16(12)9-15(14)17;1-2;2-1-3/h5-6,8-10H,3-4,7H2,1-2H3;1-2H3;1H,(H2,2,3). The second kappa shape index (κ2) is 9.93. The minimum absolute atomic E-state index is 0.250. The molecule has 1 amide bonds. The number of halogens is 1. The summed E-state index contributed by atoms with van der Waals surface area (Å²) in [5, 5.41) is 0.804. The van der Waals surface area contributed by atoms with Crippen LogP contribution in [0.1, 0.15) is 31.5 Å². The van der Waals surface area contributed by atoms with Crippen LogP contribution in [0.25, 0.3) is 11.1 Å². The summed E-state index contributed by atoms with van der Waals surface area (Å²) in [5.74, 6) is 0. The number of aromatic nitrogens is 1. The zero-order chi connectivity index (χ0) is 18.1. The van der Waals surface area contributed by atoms with E-state index in [0.717, 1.165) is 34.8 Å². The van der Waals surface area contributed by atoms with Crippen LogP contribution in [0, 0.1) is 6.92 Å². The molecule has 0 radical (unpaired) electrons. The molecule has 2 heterocycles. The lowest BCUT2D eigenvalue weighted by Crippen LogP contribution is -2.24. The van der Waals surface area contributed by atoms with E-state index in [2.05, 4.69) is 40.9 Å². The van der Waals surface area contributed by atoms with Crippen LogP contribution in [0.3, 0.4) is 0 Å². The van der Waals surface area contributed by atoms with Gasteiger partial charge in [0.15, 0.2) is 0 Å². The van der Waals surface area contributed by atoms with Crippen LogP contribution < -0.4 is 10.6 Å². The Labute approximate surface area is 149 Å². The van der Waals surface area contributed by atoms with E-state index in [-0.39, 0.29) is 6.41 Å². The third kappa shape index (κ3) is 4.96. The predicted molar refractivity (Wildman–Crippen MR) is 103 cm³/mol. The van der Waals surface area contributed by atoms with E-state index in [1.807, 2.05) is 33.0 Å². The van der Waals surface area contributed by atoms with Gasteiger partial charge in [0.05, 0.1) is 5.02 Å². The summed E-state index contributed by atoms with van der Waals surface area (Å²) >= 11 is 6.45. The van der Waals surface area contributed by atoms with Crippen molar-refractivity contribution in [2.24, 2.45) is 5.73 Å². The Kier molecular flexibility index (Phi) is 8.27. The normalized spacial score (nSPS) is 12.1. The summed E-state index contributed by atoms with van der Waals surface area (Å²) in [6.07, 6.45) is 4.48. The lowest BCUT2D eigenvalue weighted by molar-refractivity contribution is -0.106. The molecule has 0 saturated heterocycles. The van der Waals surface area contributed by atoms with Gasteiger partial charge in [0.25, 0.3) is 0 Å². The van der Waals surface area contributed by atoms with Gasteiger partial charge in [-0.25, -0.2) is 0 Å². The van der Waals surface area contributed by atoms with E-state index < -0.39 is 0 Å². The van der Waals surface area contributed by atoms with Gasteiger partial charge in [-0.3, -0.25) is 9.78 Å². The van der Waals surface area contributed by atoms with Crippen molar-refractivity contribution in [1.82, 2.24) is 4.98 Å². The van der Waals surface area contributed by atoms with Crippen LogP contribution in [-0.2, 0) is 11.2 Å². The molecule has 1 aliphatic rings. The van der Waals surface area contributed by atoms with Crippen molar-refractivity contribution in [3.63, 3.8) is 0 Å². The van der Waals surface area contributed by atoms with Crippen LogP contribution >= 0.6 is 11.6 Å². The molecule has 24 heavy (non-hydrogen) atoms. The molecular weight excluding hydrogens is 322 g/mol. The van der Waals surface area contributed by atoms with Gasteiger partial charge in [-0.15, -0.1) is 0 Å². The molecule has 3 rings (SSSR count). The lowest BCUT2D eigenvalue weighted by Gasteiger charge is -2.28. The number of primary amides is 1. The number of pyridine rings is 1. The highest BCUT2D eigenvalue weighted by atomic mass is 35.5. The summed E-state index contributed by atoms with van der Waals surface area (Å²) in [7, 11) is 2.13. The summed E-state index contributed by atoms with van der Waals surface area (Å²) in [6.45, 7) is 7.10. The van der Waals surface area contributed by atoms with Crippen molar-refractivity contribution in [3.8, 4) is 11.1 Å². The first-order valence-corrected chi connectivity index (χ1v) is 8.56. The number of amides is 1. The number of carbonyl (C=O) groups excluding carboxylic acids is 1. The van der Waals surface area contributed by atoms with E-state index in [4.69, 9.17) is 16.4 Å². The third-order valence-electron chi connectivity index (χ3n) is 3.74. The Morgan fingerprint density at radius 1 is 1.29 bits per heavy atom. The third-order valence-corrected chi connectivity index (χ3v) is 4.05. The van der Waals surface area contributed by atoms with Crippen molar-refractivity contribution in [2.45, 2.75) is 33.6 Å². The average Bonchev–Trinajstić information content (AvgIpc) is 2.59. The summed E-state index contributed by atoms with van der Waals surface area (Å²) in [6, 6.07) is 8.42. The molecule has 0 unspecified atom stereocenters. The maximum atomic E-state index is 8.58. The number of anilines is 1. The molecule has 4 nitrogen and oxygen atoms in total. The Hall–Kier alpha value is -2.07. The predicted octanol–water partition coefficient (Wildman–Crippen LogP) is 4.22. The van der Waals surface area contributed by atoms with Crippen molar-refractivity contribution >= 4 is 23.7 Å². The minimum Gasteiger partial charge on any atom is -0.374 e. The van der Waals surface area contributed by atoms with Crippen LogP contribution in [0.4, 0.5) is 5.69 Å².